The fraction of sp³-hybridized carbons (Fsp3) is 0.636. The van der Waals surface area contributed by atoms with Gasteiger partial charge in [0.15, 0.2) is 5.76 Å². The van der Waals surface area contributed by atoms with Gasteiger partial charge in [0, 0.05) is 43.7 Å². The summed E-state index contributed by atoms with van der Waals surface area (Å²) in [5.41, 5.74) is 2.73. The van der Waals surface area contributed by atoms with Crippen LogP contribution in [0.3, 0.4) is 0 Å². The van der Waals surface area contributed by atoms with Gasteiger partial charge in [-0.2, -0.15) is 5.10 Å². The largest absolute Gasteiger partial charge is 0.459 e. The van der Waals surface area contributed by atoms with Crippen LogP contribution in [0.15, 0.2) is 28.9 Å². The highest BCUT2D eigenvalue weighted by Gasteiger charge is 2.42. The first-order valence-corrected chi connectivity index (χ1v) is 10.8. The Hall–Kier alpha value is -2.08. The topological polar surface area (TPSA) is 63.3 Å². The van der Waals surface area contributed by atoms with Gasteiger partial charge in [0.05, 0.1) is 12.0 Å². The van der Waals surface area contributed by atoms with Crippen molar-refractivity contribution in [1.29, 1.82) is 0 Å². The Morgan fingerprint density at radius 2 is 2.18 bits per heavy atom. The van der Waals surface area contributed by atoms with Crippen molar-refractivity contribution in [3.63, 3.8) is 0 Å². The van der Waals surface area contributed by atoms with Crippen molar-refractivity contribution >= 4 is 5.91 Å². The minimum Gasteiger partial charge on any atom is -0.459 e. The third-order valence-corrected chi connectivity index (χ3v) is 7.21. The van der Waals surface area contributed by atoms with E-state index in [9.17, 15) is 4.79 Å². The molecular weight excluding hydrogens is 352 g/mol. The number of carbonyl (C=O) groups excluding carboxylic acids is 1. The second kappa shape index (κ2) is 7.39. The van der Waals surface area contributed by atoms with E-state index in [1.165, 1.54) is 43.5 Å². The molecule has 5 heterocycles. The van der Waals surface area contributed by atoms with Crippen molar-refractivity contribution in [3.05, 3.63) is 41.6 Å². The predicted molar refractivity (Wildman–Crippen MR) is 106 cm³/mol. The van der Waals surface area contributed by atoms with E-state index in [1.807, 2.05) is 0 Å². The normalized spacial score (nSPS) is 30.0. The maximum atomic E-state index is 12.2. The number of nitrogens with zero attached hydrogens (tertiary/aromatic N) is 3. The van der Waals surface area contributed by atoms with Gasteiger partial charge in [-0.05, 0) is 56.3 Å². The van der Waals surface area contributed by atoms with Gasteiger partial charge < -0.3 is 9.73 Å². The van der Waals surface area contributed by atoms with Crippen molar-refractivity contribution in [1.82, 2.24) is 20.0 Å². The number of piperidine rings is 3. The highest BCUT2D eigenvalue weighted by Crippen LogP contribution is 2.43. The minimum absolute atomic E-state index is 0.114. The van der Waals surface area contributed by atoms with E-state index >= 15 is 0 Å². The Labute approximate surface area is 166 Å². The summed E-state index contributed by atoms with van der Waals surface area (Å²) in [6.45, 7) is 2.91. The second-order valence-corrected chi connectivity index (χ2v) is 8.83. The fourth-order valence-electron chi connectivity index (χ4n) is 5.66. The third kappa shape index (κ3) is 3.28. The van der Waals surface area contributed by atoms with Crippen LogP contribution in [0.5, 0.6) is 0 Å². The summed E-state index contributed by atoms with van der Waals surface area (Å²) in [6.07, 6.45) is 9.23. The van der Waals surface area contributed by atoms with Gasteiger partial charge in [0.25, 0.3) is 5.91 Å². The van der Waals surface area contributed by atoms with Gasteiger partial charge in [0.2, 0.25) is 0 Å². The highest BCUT2D eigenvalue weighted by molar-refractivity contribution is 5.91. The molecule has 1 amide bonds. The number of hydrogen-bond acceptors (Lipinski definition) is 4. The van der Waals surface area contributed by atoms with Gasteiger partial charge in [0.1, 0.15) is 0 Å². The smallest absolute Gasteiger partial charge is 0.287 e. The van der Waals surface area contributed by atoms with Crippen LogP contribution in [0.2, 0.25) is 0 Å². The summed E-state index contributed by atoms with van der Waals surface area (Å²) < 4.78 is 7.34. The second-order valence-electron chi connectivity index (χ2n) is 8.83. The number of amides is 1. The summed E-state index contributed by atoms with van der Waals surface area (Å²) in [6, 6.07) is 6.29. The van der Waals surface area contributed by atoms with Crippen LogP contribution < -0.4 is 5.32 Å². The zero-order chi connectivity index (χ0) is 19.1. The van der Waals surface area contributed by atoms with Crippen molar-refractivity contribution < 1.29 is 9.21 Å². The Morgan fingerprint density at radius 1 is 1.32 bits per heavy atom. The third-order valence-electron chi connectivity index (χ3n) is 7.21. The molecule has 4 atom stereocenters. The number of aryl methyl sites for hydroxylation is 1. The molecule has 1 N–H and O–H groups in total. The quantitative estimate of drug-likeness (QED) is 0.862. The highest BCUT2D eigenvalue weighted by atomic mass is 16.3. The minimum atomic E-state index is -0.114. The summed E-state index contributed by atoms with van der Waals surface area (Å²) in [5, 5.41) is 7.94. The molecule has 0 spiro atoms. The summed E-state index contributed by atoms with van der Waals surface area (Å²) >= 11 is 0. The number of carbonyl (C=O) groups is 1. The number of furan rings is 1. The monoisotopic (exact) mass is 382 g/mol. The van der Waals surface area contributed by atoms with Gasteiger partial charge in [-0.1, -0.05) is 12.8 Å². The van der Waals surface area contributed by atoms with Crippen molar-refractivity contribution in [3.8, 4) is 0 Å². The fourth-order valence-corrected chi connectivity index (χ4v) is 5.66. The van der Waals surface area contributed by atoms with Crippen LogP contribution >= 0.6 is 0 Å². The van der Waals surface area contributed by atoms with Crippen LogP contribution in [0.25, 0.3) is 0 Å². The van der Waals surface area contributed by atoms with Crippen molar-refractivity contribution in [2.45, 2.75) is 56.4 Å². The summed E-state index contributed by atoms with van der Waals surface area (Å²) in [5.74, 6) is 2.20. The lowest BCUT2D eigenvalue weighted by Gasteiger charge is -2.49. The molecule has 4 fully saturated rings. The first-order valence-electron chi connectivity index (χ1n) is 10.8. The van der Waals surface area contributed by atoms with Crippen LogP contribution in [0.4, 0.5) is 0 Å². The van der Waals surface area contributed by atoms with E-state index in [0.29, 0.717) is 36.1 Å². The Balaban J connectivity index is 1.24. The van der Waals surface area contributed by atoms with Crippen LogP contribution in [-0.2, 0) is 7.05 Å². The molecular formula is C22H30N4O2. The van der Waals surface area contributed by atoms with E-state index in [-0.39, 0.29) is 5.91 Å². The van der Waals surface area contributed by atoms with Gasteiger partial charge in [-0.3, -0.25) is 14.4 Å². The Morgan fingerprint density at radius 3 is 2.89 bits per heavy atom. The molecule has 1 saturated carbocycles. The molecule has 6 rings (SSSR count). The zero-order valence-corrected chi connectivity index (χ0v) is 16.6. The Bertz CT molecular complexity index is 822. The number of aromatic nitrogens is 2. The van der Waals surface area contributed by atoms with E-state index in [2.05, 4.69) is 28.0 Å². The molecule has 0 radical (unpaired) electrons. The van der Waals surface area contributed by atoms with Crippen LogP contribution in [0, 0.1) is 5.92 Å². The lowest BCUT2D eigenvalue weighted by molar-refractivity contribution is 0.0278. The standard InChI is InChI=1S/C22H30N4O2/c1-25-20(12-19(24-25)15-5-2-3-6-15)18-14-26-9-8-16(18)11-17(26)13-23-22(27)21-7-4-10-28-21/h4,7,10,12,15-18H,2-3,5-6,8-9,11,13-14H2,1H3,(H,23,27)/t16-,17+,18+/m0/s1. The first-order chi connectivity index (χ1) is 13.7. The SMILES string of the molecule is Cn1nc(C2CCCC2)cc1[C@@H]1CN2CC[C@H]1C[C@@H]2CNC(=O)c1ccco1. The lowest BCUT2D eigenvalue weighted by Crippen LogP contribution is -2.56. The molecule has 4 aliphatic rings. The van der Waals surface area contributed by atoms with E-state index in [1.54, 1.807) is 18.4 Å². The van der Waals surface area contributed by atoms with Crippen LogP contribution in [0.1, 0.15) is 72.3 Å². The summed E-state index contributed by atoms with van der Waals surface area (Å²) in [4.78, 5) is 14.7. The van der Waals surface area contributed by atoms with E-state index in [4.69, 9.17) is 9.52 Å². The molecule has 6 heteroatoms. The molecule has 3 saturated heterocycles. The molecule has 2 aromatic rings. The maximum Gasteiger partial charge on any atom is 0.287 e. The van der Waals surface area contributed by atoms with Gasteiger partial charge >= 0.3 is 0 Å². The van der Waals surface area contributed by atoms with Crippen molar-refractivity contribution in [2.24, 2.45) is 13.0 Å². The molecule has 1 unspecified atom stereocenters. The molecule has 28 heavy (non-hydrogen) atoms. The zero-order valence-electron chi connectivity index (χ0n) is 16.6. The molecule has 150 valence electrons. The number of hydrogen-bond donors (Lipinski definition) is 1. The molecule has 2 aromatic heterocycles. The van der Waals surface area contributed by atoms with Crippen molar-refractivity contribution in [2.75, 3.05) is 19.6 Å². The first kappa shape index (κ1) is 18.0. The summed E-state index contributed by atoms with van der Waals surface area (Å²) in [7, 11) is 2.12. The number of nitrogens with one attached hydrogen (secondary N) is 1. The predicted octanol–water partition coefficient (Wildman–Crippen LogP) is 3.28. The van der Waals surface area contributed by atoms with Crippen LogP contribution in [-0.4, -0.2) is 46.3 Å². The van der Waals surface area contributed by atoms with E-state index in [0.717, 1.165) is 19.5 Å². The number of rotatable bonds is 5. The molecule has 1 aliphatic carbocycles. The lowest BCUT2D eigenvalue weighted by atomic mass is 9.74. The molecule has 2 bridgehead atoms. The molecule has 0 aromatic carbocycles. The molecule has 3 aliphatic heterocycles. The number of fused-ring (bicyclic) bond motifs is 3. The maximum absolute atomic E-state index is 12.2. The average molecular weight is 383 g/mol. The average Bonchev–Trinajstić information content (AvgIpc) is 3.47. The van der Waals surface area contributed by atoms with Gasteiger partial charge in [-0.25, -0.2) is 0 Å². The molecule has 6 nitrogen and oxygen atoms in total. The van der Waals surface area contributed by atoms with E-state index < -0.39 is 0 Å². The van der Waals surface area contributed by atoms with Gasteiger partial charge in [-0.15, -0.1) is 0 Å². The Kier molecular flexibility index (Phi) is 4.75.